The minimum Gasteiger partial charge on any atom is -0.342 e. The molecule has 0 aromatic heterocycles. The summed E-state index contributed by atoms with van der Waals surface area (Å²) in [6.07, 6.45) is 7.85. The Balaban J connectivity index is 1.87. The van der Waals surface area contributed by atoms with Crippen molar-refractivity contribution in [3.63, 3.8) is 0 Å². The smallest absolute Gasteiger partial charge is 0.227 e. The standard InChI is InChI=1S/C17H33N3O/c1-3-19(4-2)14-10-12-20(13-11-14)17(21)15-8-6-5-7-9-16(15)18/h14-16H,3-13,18H2,1-2H3. The summed E-state index contributed by atoms with van der Waals surface area (Å²) in [6.45, 7) is 8.52. The van der Waals surface area contributed by atoms with E-state index in [0.717, 1.165) is 51.9 Å². The van der Waals surface area contributed by atoms with E-state index in [2.05, 4.69) is 23.6 Å². The van der Waals surface area contributed by atoms with Gasteiger partial charge in [0.25, 0.3) is 0 Å². The van der Waals surface area contributed by atoms with Crippen LogP contribution in [0.1, 0.15) is 58.8 Å². The second-order valence-corrected chi connectivity index (χ2v) is 6.69. The van der Waals surface area contributed by atoms with E-state index >= 15 is 0 Å². The molecule has 1 heterocycles. The van der Waals surface area contributed by atoms with E-state index in [1.54, 1.807) is 0 Å². The van der Waals surface area contributed by atoms with Crippen molar-refractivity contribution in [1.29, 1.82) is 0 Å². The summed E-state index contributed by atoms with van der Waals surface area (Å²) in [6, 6.07) is 0.743. The molecule has 2 atom stereocenters. The van der Waals surface area contributed by atoms with Crippen LogP contribution in [-0.4, -0.2) is 54.0 Å². The van der Waals surface area contributed by atoms with Gasteiger partial charge < -0.3 is 15.5 Å². The average Bonchev–Trinajstić information content (AvgIpc) is 2.73. The van der Waals surface area contributed by atoms with E-state index in [9.17, 15) is 4.79 Å². The highest BCUT2D eigenvalue weighted by atomic mass is 16.2. The Morgan fingerprint density at radius 1 is 1.05 bits per heavy atom. The first-order chi connectivity index (χ1) is 10.2. The monoisotopic (exact) mass is 295 g/mol. The molecule has 4 heteroatoms. The molecule has 122 valence electrons. The van der Waals surface area contributed by atoms with E-state index < -0.39 is 0 Å². The molecule has 2 fully saturated rings. The van der Waals surface area contributed by atoms with Crippen LogP contribution < -0.4 is 5.73 Å². The highest BCUT2D eigenvalue weighted by Gasteiger charge is 2.33. The summed E-state index contributed by atoms with van der Waals surface area (Å²) < 4.78 is 0. The number of hydrogen-bond donors (Lipinski definition) is 1. The van der Waals surface area contributed by atoms with Gasteiger partial charge in [-0.3, -0.25) is 4.79 Å². The number of carbonyl (C=O) groups excluding carboxylic acids is 1. The van der Waals surface area contributed by atoms with Gasteiger partial charge in [-0.1, -0.05) is 33.1 Å². The van der Waals surface area contributed by atoms with Gasteiger partial charge in [-0.15, -0.1) is 0 Å². The Bertz CT molecular complexity index is 322. The molecule has 1 saturated heterocycles. The van der Waals surface area contributed by atoms with Crippen molar-refractivity contribution in [2.75, 3.05) is 26.2 Å². The number of amides is 1. The summed E-state index contributed by atoms with van der Waals surface area (Å²) in [5.74, 6) is 0.417. The van der Waals surface area contributed by atoms with Crippen LogP contribution in [0.25, 0.3) is 0 Å². The van der Waals surface area contributed by atoms with Crippen LogP contribution >= 0.6 is 0 Å². The summed E-state index contributed by atoms with van der Waals surface area (Å²) in [4.78, 5) is 17.4. The van der Waals surface area contributed by atoms with Gasteiger partial charge in [0.05, 0.1) is 5.92 Å². The maximum Gasteiger partial charge on any atom is 0.227 e. The molecule has 1 saturated carbocycles. The molecule has 1 amide bonds. The molecule has 1 aliphatic heterocycles. The molecule has 0 aromatic rings. The lowest BCUT2D eigenvalue weighted by Gasteiger charge is -2.39. The summed E-state index contributed by atoms with van der Waals surface area (Å²) >= 11 is 0. The number of piperidine rings is 1. The second kappa shape index (κ2) is 8.14. The molecule has 4 nitrogen and oxygen atoms in total. The fourth-order valence-electron chi connectivity index (χ4n) is 4.07. The molecule has 2 rings (SSSR count). The zero-order chi connectivity index (χ0) is 15.2. The van der Waals surface area contributed by atoms with Crippen molar-refractivity contribution in [2.24, 2.45) is 11.7 Å². The summed E-state index contributed by atoms with van der Waals surface area (Å²) in [7, 11) is 0. The molecule has 1 aliphatic carbocycles. The predicted molar refractivity (Wildman–Crippen MR) is 87.1 cm³/mol. The van der Waals surface area contributed by atoms with Crippen LogP contribution in [-0.2, 0) is 4.79 Å². The highest BCUT2D eigenvalue weighted by molar-refractivity contribution is 5.79. The molecule has 0 aromatic carbocycles. The lowest BCUT2D eigenvalue weighted by atomic mass is 9.92. The number of rotatable bonds is 4. The van der Waals surface area contributed by atoms with Crippen LogP contribution in [0, 0.1) is 5.92 Å². The van der Waals surface area contributed by atoms with Crippen molar-refractivity contribution < 1.29 is 4.79 Å². The fourth-order valence-corrected chi connectivity index (χ4v) is 4.07. The molecule has 2 unspecified atom stereocenters. The third-order valence-corrected chi connectivity index (χ3v) is 5.49. The largest absolute Gasteiger partial charge is 0.342 e. The van der Waals surface area contributed by atoms with Crippen LogP contribution in [0.5, 0.6) is 0 Å². The van der Waals surface area contributed by atoms with Gasteiger partial charge in [-0.2, -0.15) is 0 Å². The first-order valence-electron chi connectivity index (χ1n) is 8.95. The number of likely N-dealkylation sites (tertiary alicyclic amines) is 1. The molecule has 0 bridgehead atoms. The van der Waals surface area contributed by atoms with Gasteiger partial charge in [0, 0.05) is 25.2 Å². The van der Waals surface area contributed by atoms with Gasteiger partial charge in [-0.25, -0.2) is 0 Å². The first-order valence-corrected chi connectivity index (χ1v) is 8.95. The van der Waals surface area contributed by atoms with E-state index in [-0.39, 0.29) is 12.0 Å². The zero-order valence-corrected chi connectivity index (χ0v) is 13.9. The summed E-state index contributed by atoms with van der Waals surface area (Å²) in [5, 5.41) is 0. The van der Waals surface area contributed by atoms with E-state index in [0.29, 0.717) is 11.9 Å². The van der Waals surface area contributed by atoms with Crippen molar-refractivity contribution in [1.82, 2.24) is 9.80 Å². The lowest BCUT2D eigenvalue weighted by molar-refractivity contribution is -0.138. The molecule has 0 spiro atoms. The van der Waals surface area contributed by atoms with E-state index in [1.807, 2.05) is 0 Å². The van der Waals surface area contributed by atoms with Crippen molar-refractivity contribution in [2.45, 2.75) is 70.9 Å². The Labute approximate surface area is 130 Å². The zero-order valence-electron chi connectivity index (χ0n) is 13.9. The Morgan fingerprint density at radius 2 is 1.67 bits per heavy atom. The molecular weight excluding hydrogens is 262 g/mol. The topological polar surface area (TPSA) is 49.6 Å². The maximum atomic E-state index is 12.8. The minimum absolute atomic E-state index is 0.0810. The van der Waals surface area contributed by atoms with E-state index in [1.165, 1.54) is 19.3 Å². The van der Waals surface area contributed by atoms with Crippen molar-refractivity contribution in [3.05, 3.63) is 0 Å². The first kappa shape index (κ1) is 16.8. The van der Waals surface area contributed by atoms with Crippen LogP contribution in [0.2, 0.25) is 0 Å². The predicted octanol–water partition coefficient (Wildman–Crippen LogP) is 2.23. The Morgan fingerprint density at radius 3 is 2.29 bits per heavy atom. The Kier molecular flexibility index (Phi) is 6.49. The van der Waals surface area contributed by atoms with Crippen LogP contribution in [0.3, 0.4) is 0 Å². The number of hydrogen-bond acceptors (Lipinski definition) is 3. The third-order valence-electron chi connectivity index (χ3n) is 5.49. The second-order valence-electron chi connectivity index (χ2n) is 6.69. The van der Waals surface area contributed by atoms with Gasteiger partial charge >= 0.3 is 0 Å². The Hall–Kier alpha value is -0.610. The van der Waals surface area contributed by atoms with Gasteiger partial charge in [0.15, 0.2) is 0 Å². The molecule has 2 aliphatic rings. The molecular formula is C17H33N3O. The normalized spacial score (nSPS) is 28.7. The number of carbonyl (C=O) groups is 1. The SMILES string of the molecule is CCN(CC)C1CCN(C(=O)C2CCCCCC2N)CC1. The van der Waals surface area contributed by atoms with Crippen LogP contribution in [0.4, 0.5) is 0 Å². The lowest BCUT2D eigenvalue weighted by Crippen LogP contribution is -2.50. The van der Waals surface area contributed by atoms with Gasteiger partial charge in [-0.05, 0) is 38.8 Å². The molecule has 21 heavy (non-hydrogen) atoms. The molecule has 2 N–H and O–H groups in total. The summed E-state index contributed by atoms with van der Waals surface area (Å²) in [5.41, 5.74) is 6.25. The van der Waals surface area contributed by atoms with Crippen LogP contribution in [0.15, 0.2) is 0 Å². The van der Waals surface area contributed by atoms with Crippen molar-refractivity contribution >= 4 is 5.91 Å². The quantitative estimate of drug-likeness (QED) is 0.809. The van der Waals surface area contributed by atoms with Gasteiger partial charge in [0.2, 0.25) is 5.91 Å². The average molecular weight is 295 g/mol. The van der Waals surface area contributed by atoms with E-state index in [4.69, 9.17) is 5.73 Å². The number of nitrogens with two attached hydrogens (primary N) is 1. The minimum atomic E-state index is 0.0810. The maximum absolute atomic E-state index is 12.8. The van der Waals surface area contributed by atoms with Crippen molar-refractivity contribution in [3.8, 4) is 0 Å². The highest BCUT2D eigenvalue weighted by Crippen LogP contribution is 2.26. The van der Waals surface area contributed by atoms with Gasteiger partial charge in [0.1, 0.15) is 0 Å². The number of nitrogens with zero attached hydrogens (tertiary/aromatic N) is 2. The fraction of sp³-hybridized carbons (Fsp3) is 0.941. The third kappa shape index (κ3) is 4.19. The molecule has 0 radical (unpaired) electrons.